The Kier molecular flexibility index (Phi) is 4.40. The molecule has 19 heavy (non-hydrogen) atoms. The van der Waals surface area contributed by atoms with Crippen LogP contribution in [0.5, 0.6) is 0 Å². The van der Waals surface area contributed by atoms with Gasteiger partial charge >= 0.3 is 7.60 Å². The van der Waals surface area contributed by atoms with Crippen molar-refractivity contribution in [3.63, 3.8) is 0 Å². The van der Waals surface area contributed by atoms with Gasteiger partial charge in [0.2, 0.25) is 5.91 Å². The van der Waals surface area contributed by atoms with Gasteiger partial charge in [0.15, 0.2) is 0 Å². The summed E-state index contributed by atoms with van der Waals surface area (Å²) in [7, 11) is -3.83. The number of carbonyl (C=O) groups is 1. The van der Waals surface area contributed by atoms with E-state index in [0.717, 1.165) is 5.56 Å². The van der Waals surface area contributed by atoms with Crippen LogP contribution in [0.4, 0.5) is 0 Å². The van der Waals surface area contributed by atoms with Crippen LogP contribution in [0.1, 0.15) is 18.9 Å². The van der Waals surface area contributed by atoms with E-state index in [0.29, 0.717) is 19.5 Å². The minimum absolute atomic E-state index is 0.135. The van der Waals surface area contributed by atoms with E-state index >= 15 is 0 Å². The third-order valence-corrected chi connectivity index (χ3v) is 5.09. The molecule has 1 fully saturated rings. The van der Waals surface area contributed by atoms with Gasteiger partial charge in [0.05, 0.1) is 6.61 Å². The molecule has 0 saturated carbocycles. The lowest BCUT2D eigenvalue weighted by Crippen LogP contribution is -2.29. The molecular weight excluding hydrogens is 265 g/mol. The summed E-state index contributed by atoms with van der Waals surface area (Å²) in [6.07, 6.45) is 0.374. The Morgan fingerprint density at radius 3 is 2.74 bits per heavy atom. The molecule has 2 atom stereocenters. The molecule has 1 heterocycles. The molecule has 2 unspecified atom stereocenters. The Balaban J connectivity index is 2.04. The standard InChI is InChI=1S/C13H18NO4P/c1-2-18-19(16,17)12-8-9-14(13(12)15)10-11-6-4-3-5-7-11/h3-7,12H,2,8-10H2,1H3,(H,16,17). The second-order valence-electron chi connectivity index (χ2n) is 4.53. The fourth-order valence-corrected chi connectivity index (χ4v) is 3.70. The zero-order valence-electron chi connectivity index (χ0n) is 10.9. The van der Waals surface area contributed by atoms with E-state index in [1.54, 1.807) is 11.8 Å². The molecular formula is C13H18NO4P. The average molecular weight is 283 g/mol. The van der Waals surface area contributed by atoms with Crippen LogP contribution >= 0.6 is 7.60 Å². The lowest BCUT2D eigenvalue weighted by Gasteiger charge is -2.19. The molecule has 104 valence electrons. The average Bonchev–Trinajstić information content (AvgIpc) is 2.73. The number of carbonyl (C=O) groups excluding carboxylic acids is 1. The summed E-state index contributed by atoms with van der Waals surface area (Å²) < 4.78 is 16.8. The molecule has 2 rings (SSSR count). The largest absolute Gasteiger partial charge is 0.340 e. The number of amides is 1. The Bertz CT molecular complexity index is 491. The van der Waals surface area contributed by atoms with Crippen LogP contribution in [0.25, 0.3) is 0 Å². The molecule has 5 nitrogen and oxygen atoms in total. The zero-order valence-corrected chi connectivity index (χ0v) is 11.8. The highest BCUT2D eigenvalue weighted by atomic mass is 31.2. The van der Waals surface area contributed by atoms with E-state index < -0.39 is 13.3 Å². The zero-order chi connectivity index (χ0) is 13.9. The normalized spacial score (nSPS) is 22.5. The predicted molar refractivity (Wildman–Crippen MR) is 71.7 cm³/mol. The van der Waals surface area contributed by atoms with Crippen LogP contribution in [0.2, 0.25) is 0 Å². The molecule has 0 spiro atoms. The van der Waals surface area contributed by atoms with Crippen molar-refractivity contribution in [2.45, 2.75) is 25.5 Å². The summed E-state index contributed by atoms with van der Waals surface area (Å²) in [5, 5.41) is 0. The summed E-state index contributed by atoms with van der Waals surface area (Å²) in [5.74, 6) is -0.289. The van der Waals surface area contributed by atoms with Crippen molar-refractivity contribution in [1.82, 2.24) is 4.90 Å². The van der Waals surface area contributed by atoms with Gasteiger partial charge in [-0.05, 0) is 18.9 Å². The van der Waals surface area contributed by atoms with Crippen LogP contribution in [0, 0.1) is 0 Å². The smallest absolute Gasteiger partial charge is 0.338 e. The van der Waals surface area contributed by atoms with Gasteiger partial charge in [0, 0.05) is 13.1 Å². The molecule has 6 heteroatoms. The monoisotopic (exact) mass is 283 g/mol. The molecule has 1 aliphatic heterocycles. The predicted octanol–water partition coefficient (Wildman–Crippen LogP) is 2.01. The first-order valence-electron chi connectivity index (χ1n) is 6.34. The number of nitrogens with zero attached hydrogens (tertiary/aromatic N) is 1. The Labute approximate surface area is 112 Å². The summed E-state index contributed by atoms with van der Waals surface area (Å²) in [6.45, 7) is 2.75. The molecule has 0 aliphatic carbocycles. The number of hydrogen-bond acceptors (Lipinski definition) is 3. The molecule has 0 aromatic heterocycles. The van der Waals surface area contributed by atoms with Crippen molar-refractivity contribution in [3.05, 3.63) is 35.9 Å². The van der Waals surface area contributed by atoms with E-state index in [1.807, 2.05) is 30.3 Å². The Morgan fingerprint density at radius 1 is 1.42 bits per heavy atom. The number of hydrogen-bond donors (Lipinski definition) is 1. The van der Waals surface area contributed by atoms with Crippen LogP contribution in [0.15, 0.2) is 30.3 Å². The van der Waals surface area contributed by atoms with Gasteiger partial charge in [0.25, 0.3) is 0 Å². The molecule has 1 aliphatic rings. The number of rotatable bonds is 5. The third-order valence-electron chi connectivity index (χ3n) is 3.19. The lowest BCUT2D eigenvalue weighted by atomic mass is 10.2. The minimum Gasteiger partial charge on any atom is -0.338 e. The third kappa shape index (κ3) is 3.24. The minimum atomic E-state index is -3.83. The van der Waals surface area contributed by atoms with Gasteiger partial charge in [-0.1, -0.05) is 30.3 Å². The summed E-state index contributed by atoms with van der Waals surface area (Å²) in [5.41, 5.74) is 0.108. The van der Waals surface area contributed by atoms with Gasteiger partial charge in [-0.2, -0.15) is 0 Å². The first kappa shape index (κ1) is 14.3. The van der Waals surface area contributed by atoms with Gasteiger partial charge in [-0.3, -0.25) is 9.36 Å². The summed E-state index contributed by atoms with van der Waals surface area (Å²) in [6, 6.07) is 9.59. The van der Waals surface area contributed by atoms with Crippen molar-refractivity contribution in [3.8, 4) is 0 Å². The van der Waals surface area contributed by atoms with E-state index in [1.165, 1.54) is 0 Å². The van der Waals surface area contributed by atoms with E-state index in [2.05, 4.69) is 0 Å². The van der Waals surface area contributed by atoms with Crippen molar-refractivity contribution >= 4 is 13.5 Å². The summed E-state index contributed by atoms with van der Waals surface area (Å²) >= 11 is 0. The first-order chi connectivity index (χ1) is 9.04. The fourth-order valence-electron chi connectivity index (χ4n) is 2.26. The van der Waals surface area contributed by atoms with Crippen molar-refractivity contribution in [1.29, 1.82) is 0 Å². The second kappa shape index (κ2) is 5.87. The molecule has 1 aromatic rings. The lowest BCUT2D eigenvalue weighted by molar-refractivity contribution is -0.128. The van der Waals surface area contributed by atoms with Crippen molar-refractivity contribution in [2.75, 3.05) is 13.2 Å². The molecule has 1 aromatic carbocycles. The fraction of sp³-hybridized carbons (Fsp3) is 0.462. The first-order valence-corrected chi connectivity index (χ1v) is 7.99. The highest BCUT2D eigenvalue weighted by Gasteiger charge is 2.44. The highest BCUT2D eigenvalue weighted by Crippen LogP contribution is 2.51. The topological polar surface area (TPSA) is 66.8 Å². The Morgan fingerprint density at radius 2 is 2.11 bits per heavy atom. The molecule has 1 saturated heterocycles. The van der Waals surface area contributed by atoms with E-state index in [-0.39, 0.29) is 12.5 Å². The Hall–Kier alpha value is -1.16. The molecule has 0 radical (unpaired) electrons. The quantitative estimate of drug-likeness (QED) is 0.839. The summed E-state index contributed by atoms with van der Waals surface area (Å²) in [4.78, 5) is 23.5. The maximum absolute atomic E-state index is 12.1. The van der Waals surface area contributed by atoms with Gasteiger partial charge in [-0.25, -0.2) is 0 Å². The van der Waals surface area contributed by atoms with E-state index in [9.17, 15) is 14.3 Å². The van der Waals surface area contributed by atoms with Crippen molar-refractivity contribution < 1.29 is 18.8 Å². The number of likely N-dealkylation sites (tertiary alicyclic amines) is 1. The van der Waals surface area contributed by atoms with Gasteiger partial charge in [-0.15, -0.1) is 0 Å². The SMILES string of the molecule is CCOP(=O)(O)C1CCN(Cc2ccccc2)C1=O. The van der Waals surface area contributed by atoms with Gasteiger partial charge in [0.1, 0.15) is 5.66 Å². The number of benzene rings is 1. The van der Waals surface area contributed by atoms with Crippen LogP contribution in [-0.4, -0.2) is 34.5 Å². The molecule has 0 bridgehead atoms. The molecule has 1 N–H and O–H groups in total. The molecule has 1 amide bonds. The van der Waals surface area contributed by atoms with E-state index in [4.69, 9.17) is 4.52 Å². The van der Waals surface area contributed by atoms with Crippen LogP contribution in [0.3, 0.4) is 0 Å². The van der Waals surface area contributed by atoms with Gasteiger partial charge < -0.3 is 14.3 Å². The maximum atomic E-state index is 12.1. The van der Waals surface area contributed by atoms with Crippen molar-refractivity contribution in [2.24, 2.45) is 0 Å². The maximum Gasteiger partial charge on any atom is 0.340 e. The van der Waals surface area contributed by atoms with Crippen LogP contribution in [-0.2, 0) is 20.4 Å². The highest BCUT2D eigenvalue weighted by molar-refractivity contribution is 7.54. The van der Waals surface area contributed by atoms with Crippen LogP contribution < -0.4 is 0 Å². The second-order valence-corrected chi connectivity index (χ2v) is 6.54.